The van der Waals surface area contributed by atoms with E-state index in [1.807, 2.05) is 0 Å². The van der Waals surface area contributed by atoms with Crippen LogP contribution < -0.4 is 0 Å². The molecule has 3 unspecified atom stereocenters. The van der Waals surface area contributed by atoms with Crippen molar-refractivity contribution >= 4 is 0 Å². The van der Waals surface area contributed by atoms with Crippen LogP contribution in [0, 0.1) is 11.8 Å². The van der Waals surface area contributed by atoms with Crippen LogP contribution in [0.4, 0.5) is 0 Å². The Morgan fingerprint density at radius 3 is 2.58 bits per heavy atom. The average Bonchev–Trinajstić information content (AvgIpc) is 2.52. The van der Waals surface area contributed by atoms with Crippen LogP contribution in [0.2, 0.25) is 0 Å². The maximum absolute atomic E-state index is 9.76. The Labute approximate surface area is 76.2 Å². The molecule has 0 spiro atoms. The molecule has 3 atom stereocenters. The highest BCUT2D eigenvalue weighted by Crippen LogP contribution is 2.35. The standard InChI is InChI=1S/C11H22O/c1-3-5-11(12)10-7-6-9(4-2)8-10/h9-12H,3-8H2,1-2H3. The molecule has 1 nitrogen and oxygen atoms in total. The molecule has 0 aromatic heterocycles. The second kappa shape index (κ2) is 4.86. The summed E-state index contributed by atoms with van der Waals surface area (Å²) < 4.78 is 0. The minimum Gasteiger partial charge on any atom is -0.393 e. The topological polar surface area (TPSA) is 20.2 Å². The first-order valence-corrected chi connectivity index (χ1v) is 5.46. The summed E-state index contributed by atoms with van der Waals surface area (Å²) >= 11 is 0. The number of aliphatic hydroxyl groups excluding tert-OH is 1. The molecular weight excluding hydrogens is 148 g/mol. The zero-order chi connectivity index (χ0) is 8.97. The monoisotopic (exact) mass is 170 g/mol. The lowest BCUT2D eigenvalue weighted by Gasteiger charge is -2.17. The van der Waals surface area contributed by atoms with Gasteiger partial charge in [-0.2, -0.15) is 0 Å². The highest BCUT2D eigenvalue weighted by Gasteiger charge is 2.27. The average molecular weight is 170 g/mol. The minimum absolute atomic E-state index is 0.00782. The SMILES string of the molecule is CCCC(O)C1CCC(CC)C1. The molecule has 0 heterocycles. The Kier molecular flexibility index (Phi) is 4.07. The molecule has 0 amide bonds. The van der Waals surface area contributed by atoms with Crippen molar-refractivity contribution in [3.63, 3.8) is 0 Å². The van der Waals surface area contributed by atoms with Crippen molar-refractivity contribution in [2.24, 2.45) is 11.8 Å². The highest BCUT2D eigenvalue weighted by atomic mass is 16.3. The third kappa shape index (κ3) is 2.48. The fourth-order valence-electron chi connectivity index (χ4n) is 2.37. The van der Waals surface area contributed by atoms with Gasteiger partial charge in [0.25, 0.3) is 0 Å². The Morgan fingerprint density at radius 1 is 1.33 bits per heavy atom. The van der Waals surface area contributed by atoms with Crippen LogP contribution in [0.5, 0.6) is 0 Å². The van der Waals surface area contributed by atoms with Gasteiger partial charge >= 0.3 is 0 Å². The molecule has 1 saturated carbocycles. The summed E-state index contributed by atoms with van der Waals surface area (Å²) in [5.74, 6) is 1.52. The number of aliphatic hydroxyl groups is 1. The first-order chi connectivity index (χ1) is 5.77. The molecular formula is C11H22O. The molecule has 0 aliphatic heterocycles. The Morgan fingerprint density at radius 2 is 2.08 bits per heavy atom. The van der Waals surface area contributed by atoms with Crippen molar-refractivity contribution in [1.82, 2.24) is 0 Å². The van der Waals surface area contributed by atoms with Crippen LogP contribution in [0.15, 0.2) is 0 Å². The van der Waals surface area contributed by atoms with E-state index in [0.717, 1.165) is 18.8 Å². The van der Waals surface area contributed by atoms with Gasteiger partial charge in [-0.1, -0.05) is 33.1 Å². The number of hydrogen-bond donors (Lipinski definition) is 1. The van der Waals surface area contributed by atoms with Gasteiger partial charge in [0, 0.05) is 0 Å². The van der Waals surface area contributed by atoms with E-state index in [0.29, 0.717) is 5.92 Å². The summed E-state index contributed by atoms with van der Waals surface area (Å²) in [6.07, 6.45) is 7.30. The number of hydrogen-bond acceptors (Lipinski definition) is 1. The van der Waals surface area contributed by atoms with E-state index in [1.54, 1.807) is 0 Å². The van der Waals surface area contributed by atoms with Crippen LogP contribution in [0.1, 0.15) is 52.4 Å². The van der Waals surface area contributed by atoms with Gasteiger partial charge in [-0.15, -0.1) is 0 Å². The zero-order valence-corrected chi connectivity index (χ0v) is 8.42. The van der Waals surface area contributed by atoms with Crippen molar-refractivity contribution in [3.8, 4) is 0 Å². The molecule has 0 saturated heterocycles. The molecule has 0 radical (unpaired) electrons. The van der Waals surface area contributed by atoms with Crippen molar-refractivity contribution in [3.05, 3.63) is 0 Å². The van der Waals surface area contributed by atoms with E-state index in [1.165, 1.54) is 25.7 Å². The third-order valence-corrected chi connectivity index (χ3v) is 3.29. The zero-order valence-electron chi connectivity index (χ0n) is 8.42. The Hall–Kier alpha value is -0.0400. The van der Waals surface area contributed by atoms with Gasteiger partial charge < -0.3 is 5.11 Å². The van der Waals surface area contributed by atoms with E-state index in [2.05, 4.69) is 13.8 Å². The molecule has 1 rings (SSSR count). The predicted octanol–water partition coefficient (Wildman–Crippen LogP) is 2.97. The second-order valence-electron chi connectivity index (χ2n) is 4.20. The Bertz CT molecular complexity index is 122. The van der Waals surface area contributed by atoms with Gasteiger partial charge in [-0.25, -0.2) is 0 Å². The normalized spacial score (nSPS) is 32.2. The van der Waals surface area contributed by atoms with E-state index in [4.69, 9.17) is 0 Å². The first-order valence-electron chi connectivity index (χ1n) is 5.46. The molecule has 1 fully saturated rings. The maximum Gasteiger partial charge on any atom is 0.0568 e. The smallest absolute Gasteiger partial charge is 0.0568 e. The molecule has 0 aromatic rings. The largest absolute Gasteiger partial charge is 0.393 e. The van der Waals surface area contributed by atoms with Gasteiger partial charge in [-0.3, -0.25) is 0 Å². The molecule has 0 bridgehead atoms. The van der Waals surface area contributed by atoms with Gasteiger partial charge in [-0.05, 0) is 31.1 Å². The van der Waals surface area contributed by atoms with E-state index in [-0.39, 0.29) is 6.10 Å². The molecule has 1 N–H and O–H groups in total. The fourth-order valence-corrected chi connectivity index (χ4v) is 2.37. The summed E-state index contributed by atoms with van der Waals surface area (Å²) in [6.45, 7) is 4.41. The van der Waals surface area contributed by atoms with Crippen LogP contribution in [-0.4, -0.2) is 11.2 Å². The van der Waals surface area contributed by atoms with Crippen LogP contribution in [0.3, 0.4) is 0 Å². The van der Waals surface area contributed by atoms with Gasteiger partial charge in [0.1, 0.15) is 0 Å². The van der Waals surface area contributed by atoms with Crippen LogP contribution in [0.25, 0.3) is 0 Å². The van der Waals surface area contributed by atoms with Crippen LogP contribution >= 0.6 is 0 Å². The van der Waals surface area contributed by atoms with Crippen molar-refractivity contribution < 1.29 is 5.11 Å². The maximum atomic E-state index is 9.76. The highest BCUT2D eigenvalue weighted by molar-refractivity contribution is 4.79. The molecule has 1 heteroatoms. The third-order valence-electron chi connectivity index (χ3n) is 3.29. The molecule has 72 valence electrons. The summed E-state index contributed by atoms with van der Waals surface area (Å²) in [5, 5.41) is 9.76. The summed E-state index contributed by atoms with van der Waals surface area (Å²) in [6, 6.07) is 0. The quantitative estimate of drug-likeness (QED) is 0.687. The van der Waals surface area contributed by atoms with E-state index < -0.39 is 0 Å². The van der Waals surface area contributed by atoms with E-state index >= 15 is 0 Å². The predicted molar refractivity (Wildman–Crippen MR) is 52.0 cm³/mol. The van der Waals surface area contributed by atoms with Crippen molar-refractivity contribution in [2.45, 2.75) is 58.5 Å². The summed E-state index contributed by atoms with van der Waals surface area (Å²) in [7, 11) is 0. The lowest BCUT2D eigenvalue weighted by Crippen LogP contribution is -2.17. The lowest BCUT2D eigenvalue weighted by atomic mass is 9.95. The van der Waals surface area contributed by atoms with Gasteiger partial charge in [0.05, 0.1) is 6.10 Å². The molecule has 1 aliphatic rings. The van der Waals surface area contributed by atoms with Gasteiger partial charge in [0.15, 0.2) is 0 Å². The van der Waals surface area contributed by atoms with Crippen LogP contribution in [-0.2, 0) is 0 Å². The van der Waals surface area contributed by atoms with Crippen molar-refractivity contribution in [2.75, 3.05) is 0 Å². The second-order valence-corrected chi connectivity index (χ2v) is 4.20. The Balaban J connectivity index is 2.25. The lowest BCUT2D eigenvalue weighted by molar-refractivity contribution is 0.0988. The summed E-state index contributed by atoms with van der Waals surface area (Å²) in [4.78, 5) is 0. The van der Waals surface area contributed by atoms with Crippen molar-refractivity contribution in [1.29, 1.82) is 0 Å². The molecule has 1 aliphatic carbocycles. The minimum atomic E-state index is -0.00782. The number of rotatable bonds is 4. The van der Waals surface area contributed by atoms with Gasteiger partial charge in [0.2, 0.25) is 0 Å². The van der Waals surface area contributed by atoms with E-state index in [9.17, 15) is 5.11 Å². The molecule has 0 aromatic carbocycles. The summed E-state index contributed by atoms with van der Waals surface area (Å²) in [5.41, 5.74) is 0. The fraction of sp³-hybridized carbons (Fsp3) is 1.00. The first kappa shape index (κ1) is 10.0. The molecule has 12 heavy (non-hydrogen) atoms.